The highest BCUT2D eigenvalue weighted by molar-refractivity contribution is 6.03. The summed E-state index contributed by atoms with van der Waals surface area (Å²) in [6.45, 7) is 0.467. The van der Waals surface area contributed by atoms with Crippen LogP contribution in [0, 0.1) is 0 Å². The van der Waals surface area contributed by atoms with E-state index in [9.17, 15) is 9.59 Å². The molecule has 0 aliphatic carbocycles. The SMILES string of the molecule is COc1ccc(OCCNC(=O)c2c(-c3ccccc3)c(-c3ccccc3)n[nH]c2=O)cc1. The molecule has 1 amide bonds. The molecule has 4 aromatic rings. The third kappa shape index (κ3) is 5.10. The third-order valence-electron chi connectivity index (χ3n) is 5.04. The number of rotatable bonds is 8. The minimum atomic E-state index is -0.554. The summed E-state index contributed by atoms with van der Waals surface area (Å²) in [7, 11) is 1.60. The number of nitrogens with one attached hydrogen (secondary N) is 2. The van der Waals surface area contributed by atoms with Crippen LogP contribution >= 0.6 is 0 Å². The zero-order valence-electron chi connectivity index (χ0n) is 18.1. The fourth-order valence-corrected chi connectivity index (χ4v) is 3.45. The summed E-state index contributed by atoms with van der Waals surface area (Å²) in [5.41, 5.74) is 2.00. The van der Waals surface area contributed by atoms with E-state index in [1.807, 2.05) is 60.7 Å². The van der Waals surface area contributed by atoms with Crippen molar-refractivity contribution in [2.75, 3.05) is 20.3 Å². The Kier molecular flexibility index (Phi) is 6.80. The molecule has 0 spiro atoms. The first-order valence-corrected chi connectivity index (χ1v) is 10.5. The fraction of sp³-hybridized carbons (Fsp3) is 0.115. The number of hydrogen-bond acceptors (Lipinski definition) is 5. The summed E-state index contributed by atoms with van der Waals surface area (Å²) in [5.74, 6) is 0.895. The molecule has 0 fully saturated rings. The molecule has 33 heavy (non-hydrogen) atoms. The van der Waals surface area contributed by atoms with E-state index in [4.69, 9.17) is 9.47 Å². The van der Waals surface area contributed by atoms with Crippen molar-refractivity contribution in [2.24, 2.45) is 0 Å². The van der Waals surface area contributed by atoms with Gasteiger partial charge in [0.05, 0.1) is 19.3 Å². The zero-order chi connectivity index (χ0) is 23.0. The monoisotopic (exact) mass is 441 g/mol. The van der Waals surface area contributed by atoms with Gasteiger partial charge in [0.15, 0.2) is 0 Å². The lowest BCUT2D eigenvalue weighted by molar-refractivity contribution is 0.0946. The highest BCUT2D eigenvalue weighted by atomic mass is 16.5. The molecule has 7 heteroatoms. The van der Waals surface area contributed by atoms with Crippen molar-refractivity contribution in [3.8, 4) is 33.9 Å². The van der Waals surface area contributed by atoms with Gasteiger partial charge in [-0.1, -0.05) is 60.7 Å². The van der Waals surface area contributed by atoms with Gasteiger partial charge >= 0.3 is 0 Å². The number of benzene rings is 3. The van der Waals surface area contributed by atoms with Crippen molar-refractivity contribution in [1.82, 2.24) is 15.5 Å². The summed E-state index contributed by atoms with van der Waals surface area (Å²) in [6.07, 6.45) is 0. The highest BCUT2D eigenvalue weighted by Gasteiger charge is 2.22. The number of carbonyl (C=O) groups is 1. The molecule has 0 atom stereocenters. The van der Waals surface area contributed by atoms with E-state index in [2.05, 4.69) is 15.5 Å². The first-order valence-electron chi connectivity index (χ1n) is 10.5. The van der Waals surface area contributed by atoms with Gasteiger partial charge in [-0.3, -0.25) is 9.59 Å². The predicted molar refractivity (Wildman–Crippen MR) is 127 cm³/mol. The van der Waals surface area contributed by atoms with Gasteiger partial charge in [0, 0.05) is 11.1 Å². The standard InChI is InChI=1S/C26H23N3O4/c1-32-20-12-14-21(15-13-20)33-17-16-27-25(30)23-22(18-8-4-2-5-9-18)24(28-29-26(23)31)19-10-6-3-7-11-19/h2-15H,16-17H2,1H3,(H,27,30)(H,29,31). The van der Waals surface area contributed by atoms with Crippen molar-refractivity contribution in [3.63, 3.8) is 0 Å². The lowest BCUT2D eigenvalue weighted by atomic mass is 9.95. The molecule has 3 aromatic carbocycles. The Morgan fingerprint density at radius 3 is 2.12 bits per heavy atom. The molecule has 0 saturated heterocycles. The second-order valence-corrected chi connectivity index (χ2v) is 7.16. The van der Waals surface area contributed by atoms with Crippen molar-refractivity contribution < 1.29 is 14.3 Å². The number of hydrogen-bond donors (Lipinski definition) is 2. The second kappa shape index (κ2) is 10.3. The second-order valence-electron chi connectivity index (χ2n) is 7.16. The molecular formula is C26H23N3O4. The Balaban J connectivity index is 1.58. The van der Waals surface area contributed by atoms with Gasteiger partial charge in [0.25, 0.3) is 11.5 Å². The predicted octanol–water partition coefficient (Wildman–Crippen LogP) is 3.92. The first-order chi connectivity index (χ1) is 16.2. The molecule has 0 radical (unpaired) electrons. The van der Waals surface area contributed by atoms with Crippen LogP contribution in [0.3, 0.4) is 0 Å². The normalized spacial score (nSPS) is 10.5. The first kappa shape index (κ1) is 21.8. The van der Waals surface area contributed by atoms with Crippen LogP contribution in [-0.4, -0.2) is 36.4 Å². The number of amides is 1. The van der Waals surface area contributed by atoms with E-state index in [-0.39, 0.29) is 18.7 Å². The van der Waals surface area contributed by atoms with Gasteiger partial charge in [0.2, 0.25) is 0 Å². The van der Waals surface area contributed by atoms with Gasteiger partial charge < -0.3 is 14.8 Å². The van der Waals surface area contributed by atoms with Gasteiger partial charge in [-0.25, -0.2) is 5.10 Å². The lowest BCUT2D eigenvalue weighted by Crippen LogP contribution is -2.33. The topological polar surface area (TPSA) is 93.3 Å². The number of H-pyrrole nitrogens is 1. The van der Waals surface area contributed by atoms with E-state index in [0.717, 1.165) is 16.9 Å². The molecule has 4 rings (SSSR count). The molecule has 1 heterocycles. The zero-order valence-corrected chi connectivity index (χ0v) is 18.1. The number of aromatic amines is 1. The Labute approximate surface area is 191 Å². The Bertz CT molecular complexity index is 1270. The maximum atomic E-state index is 13.1. The average molecular weight is 441 g/mol. The molecule has 7 nitrogen and oxygen atoms in total. The molecule has 0 saturated carbocycles. The maximum Gasteiger partial charge on any atom is 0.277 e. The molecule has 166 valence electrons. The van der Waals surface area contributed by atoms with Gasteiger partial charge in [-0.15, -0.1) is 0 Å². The quantitative estimate of drug-likeness (QED) is 0.404. The molecule has 1 aromatic heterocycles. The molecule has 0 unspecified atom stereocenters. The number of ether oxygens (including phenoxy) is 2. The van der Waals surface area contributed by atoms with Crippen LogP contribution in [0.15, 0.2) is 89.7 Å². The third-order valence-corrected chi connectivity index (χ3v) is 5.04. The van der Waals surface area contributed by atoms with Crippen molar-refractivity contribution in [1.29, 1.82) is 0 Å². The largest absolute Gasteiger partial charge is 0.497 e. The smallest absolute Gasteiger partial charge is 0.277 e. The van der Waals surface area contributed by atoms with Crippen LogP contribution in [-0.2, 0) is 0 Å². The summed E-state index contributed by atoms with van der Waals surface area (Å²) < 4.78 is 10.8. The van der Waals surface area contributed by atoms with E-state index in [0.29, 0.717) is 17.0 Å². The highest BCUT2D eigenvalue weighted by Crippen LogP contribution is 2.31. The van der Waals surface area contributed by atoms with Crippen LogP contribution in [0.2, 0.25) is 0 Å². The van der Waals surface area contributed by atoms with E-state index in [1.54, 1.807) is 31.4 Å². The Morgan fingerprint density at radius 1 is 0.879 bits per heavy atom. The minimum absolute atomic E-state index is 0.0134. The number of carbonyl (C=O) groups excluding carboxylic acids is 1. The van der Waals surface area contributed by atoms with Crippen LogP contribution < -0.4 is 20.3 Å². The number of nitrogens with zero attached hydrogens (tertiary/aromatic N) is 1. The van der Waals surface area contributed by atoms with E-state index in [1.165, 1.54) is 0 Å². The van der Waals surface area contributed by atoms with Gasteiger partial charge in [-0.2, -0.15) is 5.10 Å². The van der Waals surface area contributed by atoms with Crippen molar-refractivity contribution in [2.45, 2.75) is 0 Å². The number of aromatic nitrogens is 2. The van der Waals surface area contributed by atoms with Crippen molar-refractivity contribution in [3.05, 3.63) is 101 Å². The molecule has 0 aliphatic heterocycles. The summed E-state index contributed by atoms with van der Waals surface area (Å²) in [6, 6.07) is 25.9. The summed E-state index contributed by atoms with van der Waals surface area (Å²) >= 11 is 0. The summed E-state index contributed by atoms with van der Waals surface area (Å²) in [5, 5.41) is 9.53. The Morgan fingerprint density at radius 2 is 1.48 bits per heavy atom. The molecule has 0 bridgehead atoms. The van der Waals surface area contributed by atoms with Crippen LogP contribution in [0.4, 0.5) is 0 Å². The number of methoxy groups -OCH3 is 1. The molecule has 2 N–H and O–H groups in total. The fourth-order valence-electron chi connectivity index (χ4n) is 3.45. The molecule has 0 aliphatic rings. The maximum absolute atomic E-state index is 13.1. The van der Waals surface area contributed by atoms with Crippen LogP contribution in [0.25, 0.3) is 22.4 Å². The van der Waals surface area contributed by atoms with E-state index < -0.39 is 11.5 Å². The van der Waals surface area contributed by atoms with Crippen LogP contribution in [0.5, 0.6) is 11.5 Å². The van der Waals surface area contributed by atoms with E-state index >= 15 is 0 Å². The van der Waals surface area contributed by atoms with Gasteiger partial charge in [0.1, 0.15) is 23.7 Å². The average Bonchev–Trinajstić information content (AvgIpc) is 2.87. The van der Waals surface area contributed by atoms with Crippen molar-refractivity contribution >= 4 is 5.91 Å². The lowest BCUT2D eigenvalue weighted by Gasteiger charge is -2.14. The summed E-state index contributed by atoms with van der Waals surface area (Å²) in [4.78, 5) is 25.8. The van der Waals surface area contributed by atoms with Gasteiger partial charge in [-0.05, 0) is 29.8 Å². The minimum Gasteiger partial charge on any atom is -0.497 e. The molecular weight excluding hydrogens is 418 g/mol. The Hall–Kier alpha value is -4.39. The van der Waals surface area contributed by atoms with Crippen LogP contribution in [0.1, 0.15) is 10.4 Å².